The fourth-order valence-electron chi connectivity index (χ4n) is 16.3. The highest BCUT2D eigenvalue weighted by atomic mass is 15.2. The number of para-hydroxylation sites is 1. The van der Waals surface area contributed by atoms with Crippen molar-refractivity contribution in [3.63, 3.8) is 0 Å². The number of rotatable bonds is 4. The molecule has 0 bridgehead atoms. The normalized spacial score (nSPS) is 13.7. The Morgan fingerprint density at radius 1 is 0.301 bits per heavy atom. The summed E-state index contributed by atoms with van der Waals surface area (Å²) in [6, 6.07) is 86.8. The summed E-state index contributed by atoms with van der Waals surface area (Å²) in [7, 11) is 0. The highest BCUT2D eigenvalue weighted by molar-refractivity contribution is 7.01. The molecule has 0 unspecified atom stereocenters. The van der Waals surface area contributed by atoms with Crippen LogP contribution in [0.5, 0.6) is 0 Å². The van der Waals surface area contributed by atoms with Crippen molar-refractivity contribution in [2.45, 2.75) is 105 Å². The van der Waals surface area contributed by atoms with Gasteiger partial charge in [-0.25, -0.2) is 9.97 Å². The maximum Gasteiger partial charge on any atom is 0.252 e. The van der Waals surface area contributed by atoms with Crippen LogP contribution in [0.15, 0.2) is 224 Å². The zero-order valence-corrected chi connectivity index (χ0v) is 55.2. The second-order valence-electron chi connectivity index (χ2n) is 30.9. The van der Waals surface area contributed by atoms with E-state index < -0.39 is 0 Å². The maximum absolute atomic E-state index is 5.93. The minimum atomic E-state index is -0.223. The van der Waals surface area contributed by atoms with Gasteiger partial charge in [0.25, 0.3) is 6.71 Å². The molecule has 2 aliphatic rings. The molecule has 0 radical (unpaired) electrons. The molecule has 0 spiro atoms. The van der Waals surface area contributed by atoms with Crippen LogP contribution in [0.2, 0.25) is 0 Å². The SMILES string of the molecule is CC(C)(C)c1ccc(N2c3cc(-c4nc(-c5cc(C(C)(C)C)cc(C(C)(C)C)c5)nc5ccccc45)cc4c3B(c3cc5c6cccc7cccc(c8cccc(c32)c85)c76)c2cc3c5cccc6cccc(c7cccc(c2N4c2ccc(C(C)(C)C)cc2)c73)c65)cc1. The van der Waals surface area contributed by atoms with E-state index in [9.17, 15) is 0 Å². The zero-order valence-electron chi connectivity index (χ0n) is 55.2. The first-order valence-corrected chi connectivity index (χ1v) is 33.3. The molecule has 0 atom stereocenters. The summed E-state index contributed by atoms with van der Waals surface area (Å²) in [5, 5.41) is 21.4. The van der Waals surface area contributed by atoms with Crippen LogP contribution in [-0.4, -0.2) is 16.7 Å². The molecule has 0 saturated carbocycles. The first-order chi connectivity index (χ1) is 44.7. The second-order valence-corrected chi connectivity index (χ2v) is 30.9. The molecule has 16 aromatic rings. The predicted molar refractivity (Wildman–Crippen MR) is 402 cm³/mol. The fourth-order valence-corrected chi connectivity index (χ4v) is 16.3. The Balaban J connectivity index is 1.04. The number of hydrogen-bond donors (Lipinski definition) is 0. The topological polar surface area (TPSA) is 32.3 Å². The van der Waals surface area contributed by atoms with Crippen molar-refractivity contribution in [2.75, 3.05) is 9.80 Å². The van der Waals surface area contributed by atoms with Gasteiger partial charge in [-0.05, 0) is 190 Å². The molecule has 15 aromatic carbocycles. The van der Waals surface area contributed by atoms with Crippen LogP contribution in [0.1, 0.15) is 105 Å². The van der Waals surface area contributed by atoms with Gasteiger partial charge in [-0.15, -0.1) is 0 Å². The van der Waals surface area contributed by atoms with Gasteiger partial charge in [-0.1, -0.05) is 253 Å². The van der Waals surface area contributed by atoms with E-state index in [4.69, 9.17) is 9.97 Å². The van der Waals surface area contributed by atoms with Crippen molar-refractivity contribution >= 4 is 154 Å². The van der Waals surface area contributed by atoms with Gasteiger partial charge < -0.3 is 9.80 Å². The number of nitrogens with zero attached hydrogens (tertiary/aromatic N) is 4. The van der Waals surface area contributed by atoms with Crippen LogP contribution in [0.4, 0.5) is 34.1 Å². The monoisotopic (exact) mass is 1200 g/mol. The highest BCUT2D eigenvalue weighted by Gasteiger charge is 2.46. The van der Waals surface area contributed by atoms with Crippen LogP contribution < -0.4 is 26.2 Å². The van der Waals surface area contributed by atoms with E-state index in [0.717, 1.165) is 56.3 Å². The average molecular weight is 1200 g/mol. The third-order valence-electron chi connectivity index (χ3n) is 21.1. The number of aromatic nitrogens is 2. The first-order valence-electron chi connectivity index (χ1n) is 33.3. The molecule has 5 heteroatoms. The zero-order chi connectivity index (χ0) is 63.5. The van der Waals surface area contributed by atoms with Crippen LogP contribution in [0.3, 0.4) is 0 Å². The molecule has 448 valence electrons. The molecule has 93 heavy (non-hydrogen) atoms. The van der Waals surface area contributed by atoms with Crippen molar-refractivity contribution in [3.8, 4) is 22.6 Å². The minimum absolute atomic E-state index is 0.0588. The molecule has 2 aliphatic heterocycles. The second kappa shape index (κ2) is 19.2. The smallest absolute Gasteiger partial charge is 0.252 e. The molecular weight excluding hydrogens is 1120 g/mol. The number of hydrogen-bond acceptors (Lipinski definition) is 4. The summed E-state index contributed by atoms with van der Waals surface area (Å²) in [5.74, 6) is 0.719. The average Bonchev–Trinajstić information content (AvgIpc) is 0.685. The molecule has 0 saturated heterocycles. The Labute approximate surface area is 544 Å². The standard InChI is InChI=1S/C88H73BN4/c1-85(2,3)54-35-39-58(40-36-54)92-74-45-52(81-66-25-13-14-34-73(66)90-84(91-81)53-43-56(87(7,8)9)47-57(44-53)88(10,11)12)46-75-80(74)89(71-48-69-64-28-17-23-50-21-15-26-60(76(50)64)62-30-19-32-67(78(62)69)82(71)92)72-49-70-65-29-18-24-51-22-16-27-61(77(51)65)63-31-20-33-68(79(63)70)83(72)93(75)59-41-37-55(38-42-59)86(4,5)6/h13-49H,1-12H3. The van der Waals surface area contributed by atoms with Gasteiger partial charge in [0.15, 0.2) is 5.82 Å². The lowest BCUT2D eigenvalue weighted by Crippen LogP contribution is -2.61. The van der Waals surface area contributed by atoms with E-state index in [2.05, 4.69) is 317 Å². The molecule has 0 aliphatic carbocycles. The van der Waals surface area contributed by atoms with E-state index in [1.807, 2.05) is 0 Å². The van der Waals surface area contributed by atoms with Crippen LogP contribution in [-0.2, 0) is 21.7 Å². The Kier molecular flexibility index (Phi) is 11.5. The fraction of sp³-hybridized carbons (Fsp3) is 0.182. The Morgan fingerprint density at radius 3 is 1.11 bits per heavy atom. The predicted octanol–water partition coefficient (Wildman–Crippen LogP) is 22.3. The summed E-state index contributed by atoms with van der Waals surface area (Å²) in [5.41, 5.74) is 19.4. The number of benzene rings is 15. The van der Waals surface area contributed by atoms with Gasteiger partial charge in [0.05, 0.1) is 11.2 Å². The van der Waals surface area contributed by atoms with E-state index in [-0.39, 0.29) is 28.4 Å². The van der Waals surface area contributed by atoms with Crippen molar-refractivity contribution in [2.24, 2.45) is 0 Å². The lowest BCUT2D eigenvalue weighted by molar-refractivity contribution is 0.569. The maximum atomic E-state index is 5.93. The number of anilines is 6. The third-order valence-corrected chi connectivity index (χ3v) is 21.1. The van der Waals surface area contributed by atoms with Gasteiger partial charge in [0.2, 0.25) is 0 Å². The van der Waals surface area contributed by atoms with E-state index in [1.54, 1.807) is 0 Å². The van der Waals surface area contributed by atoms with Crippen molar-refractivity contribution < 1.29 is 0 Å². The molecular formula is C88H73BN4. The summed E-state index contributed by atoms with van der Waals surface area (Å²) < 4.78 is 0. The van der Waals surface area contributed by atoms with Gasteiger partial charge in [0.1, 0.15) is 0 Å². The van der Waals surface area contributed by atoms with E-state index in [1.165, 1.54) is 136 Å². The molecule has 3 heterocycles. The van der Waals surface area contributed by atoms with Crippen LogP contribution in [0.25, 0.3) is 120 Å². The molecule has 0 amide bonds. The third kappa shape index (κ3) is 8.18. The van der Waals surface area contributed by atoms with Crippen molar-refractivity contribution in [1.29, 1.82) is 0 Å². The van der Waals surface area contributed by atoms with Gasteiger partial charge in [-0.3, -0.25) is 0 Å². The van der Waals surface area contributed by atoms with Gasteiger partial charge in [0, 0.05) is 61.4 Å². The molecule has 18 rings (SSSR count). The largest absolute Gasteiger partial charge is 0.311 e. The Hall–Kier alpha value is -10.1. The summed E-state index contributed by atoms with van der Waals surface area (Å²) in [6.07, 6.45) is 0. The van der Waals surface area contributed by atoms with Crippen molar-refractivity contribution in [1.82, 2.24) is 9.97 Å². The minimum Gasteiger partial charge on any atom is -0.311 e. The molecule has 4 nitrogen and oxygen atoms in total. The summed E-state index contributed by atoms with van der Waals surface area (Å²) in [4.78, 5) is 16.8. The first kappa shape index (κ1) is 55.7. The van der Waals surface area contributed by atoms with Crippen LogP contribution in [0, 0.1) is 0 Å². The molecule has 0 N–H and O–H groups in total. The van der Waals surface area contributed by atoms with Gasteiger partial charge >= 0.3 is 0 Å². The van der Waals surface area contributed by atoms with Crippen LogP contribution >= 0.6 is 0 Å². The highest BCUT2D eigenvalue weighted by Crippen LogP contribution is 2.54. The lowest BCUT2D eigenvalue weighted by Gasteiger charge is -2.45. The summed E-state index contributed by atoms with van der Waals surface area (Å²) in [6.45, 7) is 27.5. The Morgan fingerprint density at radius 2 is 0.677 bits per heavy atom. The van der Waals surface area contributed by atoms with E-state index >= 15 is 0 Å². The molecule has 0 fully saturated rings. The molecule has 1 aromatic heterocycles. The Bertz CT molecular complexity index is 5530. The lowest BCUT2D eigenvalue weighted by atomic mass is 9.33. The quantitative estimate of drug-likeness (QED) is 0.0999. The number of fused-ring (bicyclic) bond motifs is 11. The van der Waals surface area contributed by atoms with E-state index in [0.29, 0.717) is 0 Å². The summed E-state index contributed by atoms with van der Waals surface area (Å²) >= 11 is 0. The van der Waals surface area contributed by atoms with Crippen molar-refractivity contribution in [3.05, 3.63) is 247 Å². The van der Waals surface area contributed by atoms with Gasteiger partial charge in [-0.2, -0.15) is 0 Å².